The predicted octanol–water partition coefficient (Wildman–Crippen LogP) is 4.29. The van der Waals surface area contributed by atoms with Crippen LogP contribution in [0.5, 0.6) is 11.5 Å². The number of aryl methyl sites for hydroxylation is 1. The normalized spacial score (nSPS) is 14.1. The summed E-state index contributed by atoms with van der Waals surface area (Å²) in [6.45, 7) is 6.28. The van der Waals surface area contributed by atoms with E-state index in [1.165, 1.54) is 12.4 Å². The monoisotopic (exact) mass is 548 g/mol. The van der Waals surface area contributed by atoms with Crippen LogP contribution in [0.1, 0.15) is 25.5 Å². The first-order chi connectivity index (χ1) is 19.9. The van der Waals surface area contributed by atoms with Crippen LogP contribution in [-0.4, -0.2) is 50.4 Å². The molecule has 1 fully saturated rings. The Hall–Kier alpha value is -5.10. The molecular formula is C32H32N6O3. The van der Waals surface area contributed by atoms with Crippen LogP contribution in [0.25, 0.3) is 22.2 Å². The van der Waals surface area contributed by atoms with E-state index in [1.54, 1.807) is 11.8 Å². The molecule has 9 heteroatoms. The lowest BCUT2D eigenvalue weighted by Gasteiger charge is -2.31. The molecule has 1 aliphatic rings. The zero-order valence-corrected chi connectivity index (χ0v) is 23.1. The summed E-state index contributed by atoms with van der Waals surface area (Å²) in [7, 11) is 1.93. The van der Waals surface area contributed by atoms with E-state index in [0.29, 0.717) is 24.6 Å². The molecule has 2 aromatic carbocycles. The molecule has 5 rings (SSSR count). The number of hydrogen-bond acceptors (Lipinski definition) is 6. The predicted molar refractivity (Wildman–Crippen MR) is 159 cm³/mol. The van der Waals surface area contributed by atoms with Gasteiger partial charge in [0.2, 0.25) is 11.8 Å². The summed E-state index contributed by atoms with van der Waals surface area (Å²) in [5, 5.41) is 3.39. The number of amides is 2. The van der Waals surface area contributed by atoms with Crippen molar-refractivity contribution in [3.8, 4) is 34.5 Å². The third-order valence-corrected chi connectivity index (χ3v) is 7.23. The molecule has 0 bridgehead atoms. The first kappa shape index (κ1) is 27.5. The fourth-order valence-electron chi connectivity index (χ4n) is 5.04. The Morgan fingerprint density at radius 2 is 1.78 bits per heavy atom. The molecule has 4 aromatic rings. The third-order valence-electron chi connectivity index (χ3n) is 7.23. The number of fused-ring (bicyclic) bond motifs is 1. The maximum atomic E-state index is 12.7. The number of piperidine rings is 1. The summed E-state index contributed by atoms with van der Waals surface area (Å²) >= 11 is 0. The van der Waals surface area contributed by atoms with Crippen molar-refractivity contribution in [1.29, 1.82) is 0 Å². The van der Waals surface area contributed by atoms with Crippen LogP contribution in [0, 0.1) is 17.8 Å². The van der Waals surface area contributed by atoms with Crippen molar-refractivity contribution in [2.24, 2.45) is 13.0 Å². The lowest BCUT2D eigenvalue weighted by atomic mass is 9.96. The summed E-state index contributed by atoms with van der Waals surface area (Å²) in [6.07, 6.45) is 4.11. The quantitative estimate of drug-likeness (QED) is 0.274. The maximum Gasteiger partial charge on any atom is 0.244 e. The molecule has 0 unspecified atom stereocenters. The van der Waals surface area contributed by atoms with E-state index >= 15 is 0 Å². The van der Waals surface area contributed by atoms with Gasteiger partial charge in [-0.15, -0.1) is 0 Å². The van der Waals surface area contributed by atoms with Crippen LogP contribution in [0.2, 0.25) is 0 Å². The van der Waals surface area contributed by atoms with Crippen molar-refractivity contribution < 1.29 is 14.3 Å². The Labute approximate surface area is 239 Å². The van der Waals surface area contributed by atoms with Gasteiger partial charge < -0.3 is 25.3 Å². The van der Waals surface area contributed by atoms with Gasteiger partial charge in [-0.3, -0.25) is 9.59 Å². The van der Waals surface area contributed by atoms with Gasteiger partial charge in [0.05, 0.1) is 5.39 Å². The van der Waals surface area contributed by atoms with E-state index in [1.807, 2.05) is 66.2 Å². The first-order valence-electron chi connectivity index (χ1n) is 13.5. The Bertz CT molecular complexity index is 1640. The van der Waals surface area contributed by atoms with Gasteiger partial charge in [0.15, 0.2) is 0 Å². The smallest absolute Gasteiger partial charge is 0.244 e. The zero-order valence-electron chi connectivity index (χ0n) is 23.1. The Morgan fingerprint density at radius 1 is 1.10 bits per heavy atom. The molecule has 1 saturated heterocycles. The van der Waals surface area contributed by atoms with Gasteiger partial charge in [0.25, 0.3) is 0 Å². The minimum atomic E-state index is -0.600. The Morgan fingerprint density at radius 3 is 2.46 bits per heavy atom. The van der Waals surface area contributed by atoms with Crippen molar-refractivity contribution in [1.82, 2.24) is 24.8 Å². The topological polar surface area (TPSA) is 115 Å². The molecule has 2 amide bonds. The highest BCUT2D eigenvalue weighted by Gasteiger charge is 2.26. The van der Waals surface area contributed by atoms with Gasteiger partial charge in [-0.2, -0.15) is 0 Å². The number of rotatable bonds is 6. The largest absolute Gasteiger partial charge is 0.457 e. The van der Waals surface area contributed by atoms with E-state index in [-0.39, 0.29) is 17.7 Å². The second kappa shape index (κ2) is 12.0. The summed E-state index contributed by atoms with van der Waals surface area (Å²) in [4.78, 5) is 34.8. The molecule has 41 heavy (non-hydrogen) atoms. The number of ether oxygens (including phenoxy) is 1. The standard InChI is InChI=1S/C32H32N6O3/c1-4-27(39)36-21(2)32(40)38-18-16-22(17-19-38)10-15-26-28(29-30(33)34-20-35-31(29)37(26)3)23-11-13-25(14-12-23)41-24-8-6-5-7-9-24/h4-9,11-14,20-22H,1,16-19H2,2-3H3,(H,36,39)(H2,33,34,35)/t21-/m1/s1. The van der Waals surface area contributed by atoms with Crippen LogP contribution in [0.15, 0.2) is 73.6 Å². The number of likely N-dealkylation sites (tertiary alicyclic amines) is 1. The number of aromatic nitrogens is 3. The number of carbonyl (C=O) groups is 2. The van der Waals surface area contributed by atoms with Crippen LogP contribution >= 0.6 is 0 Å². The van der Waals surface area contributed by atoms with Gasteiger partial charge in [-0.05, 0) is 61.6 Å². The van der Waals surface area contributed by atoms with Crippen molar-refractivity contribution >= 4 is 28.7 Å². The number of hydrogen-bond donors (Lipinski definition) is 2. The summed E-state index contributed by atoms with van der Waals surface area (Å²) < 4.78 is 7.92. The second-order valence-corrected chi connectivity index (χ2v) is 9.98. The van der Waals surface area contributed by atoms with Crippen LogP contribution in [-0.2, 0) is 16.6 Å². The minimum Gasteiger partial charge on any atom is -0.457 e. The van der Waals surface area contributed by atoms with Crippen LogP contribution in [0.3, 0.4) is 0 Å². The highest BCUT2D eigenvalue weighted by Crippen LogP contribution is 2.37. The fraction of sp³-hybridized carbons (Fsp3) is 0.250. The van der Waals surface area contributed by atoms with Crippen molar-refractivity contribution in [3.05, 3.63) is 79.3 Å². The number of nitrogens with one attached hydrogen (secondary N) is 1. The molecular weight excluding hydrogens is 516 g/mol. The number of carbonyl (C=O) groups excluding carboxylic acids is 2. The molecule has 0 saturated carbocycles. The number of nitrogens with two attached hydrogens (primary N) is 1. The van der Waals surface area contributed by atoms with E-state index in [4.69, 9.17) is 10.5 Å². The number of para-hydroxylation sites is 1. The molecule has 2 aromatic heterocycles. The SMILES string of the molecule is C=CC(=O)N[C@H](C)C(=O)N1CCC(C#Cc2c(-c3ccc(Oc4ccccc4)cc3)c3c(N)ncnc3n2C)CC1. The second-order valence-electron chi connectivity index (χ2n) is 9.98. The highest BCUT2D eigenvalue weighted by atomic mass is 16.5. The first-order valence-corrected chi connectivity index (χ1v) is 13.5. The van der Waals surface area contributed by atoms with E-state index < -0.39 is 6.04 Å². The average Bonchev–Trinajstić information content (AvgIpc) is 3.29. The maximum absolute atomic E-state index is 12.7. The van der Waals surface area contributed by atoms with Gasteiger partial charge in [-0.25, -0.2) is 9.97 Å². The minimum absolute atomic E-state index is 0.101. The molecule has 0 aliphatic carbocycles. The average molecular weight is 549 g/mol. The molecule has 3 N–H and O–H groups in total. The molecule has 9 nitrogen and oxygen atoms in total. The van der Waals surface area contributed by atoms with E-state index in [0.717, 1.165) is 46.5 Å². The Balaban J connectivity index is 1.38. The lowest BCUT2D eigenvalue weighted by Crippen LogP contribution is -2.49. The molecule has 3 heterocycles. The summed E-state index contributed by atoms with van der Waals surface area (Å²) in [6, 6.07) is 16.8. The molecule has 208 valence electrons. The molecule has 0 radical (unpaired) electrons. The molecule has 0 spiro atoms. The number of nitrogen functional groups attached to an aromatic ring is 1. The van der Waals surface area contributed by atoms with Gasteiger partial charge in [-0.1, -0.05) is 42.8 Å². The summed E-state index contributed by atoms with van der Waals surface area (Å²) in [5.74, 6) is 8.38. The van der Waals surface area contributed by atoms with Crippen LogP contribution in [0.4, 0.5) is 5.82 Å². The third kappa shape index (κ3) is 5.92. The summed E-state index contributed by atoms with van der Waals surface area (Å²) in [5.41, 5.74) is 9.65. The van der Waals surface area contributed by atoms with Crippen molar-refractivity contribution in [2.45, 2.75) is 25.8 Å². The van der Waals surface area contributed by atoms with Crippen molar-refractivity contribution in [2.75, 3.05) is 18.8 Å². The van der Waals surface area contributed by atoms with Gasteiger partial charge in [0.1, 0.15) is 41.0 Å². The van der Waals surface area contributed by atoms with Crippen molar-refractivity contribution in [3.63, 3.8) is 0 Å². The van der Waals surface area contributed by atoms with Crippen LogP contribution < -0.4 is 15.8 Å². The van der Waals surface area contributed by atoms with E-state index in [9.17, 15) is 9.59 Å². The molecule has 1 aliphatic heterocycles. The fourth-order valence-corrected chi connectivity index (χ4v) is 5.04. The van der Waals surface area contributed by atoms with Gasteiger partial charge >= 0.3 is 0 Å². The number of anilines is 1. The highest BCUT2D eigenvalue weighted by molar-refractivity contribution is 6.03. The lowest BCUT2D eigenvalue weighted by molar-refractivity contribution is -0.136. The zero-order chi connectivity index (χ0) is 28.9. The number of benzene rings is 2. The number of nitrogens with zero attached hydrogens (tertiary/aromatic N) is 4. The van der Waals surface area contributed by atoms with E-state index in [2.05, 4.69) is 33.7 Å². The van der Waals surface area contributed by atoms with Gasteiger partial charge in [0, 0.05) is 31.6 Å². The Kier molecular flexibility index (Phi) is 8.01. The molecule has 1 atom stereocenters.